The lowest BCUT2D eigenvalue weighted by molar-refractivity contribution is -0.142. The number of rotatable bonds is 4. The van der Waals surface area contributed by atoms with E-state index >= 15 is 0 Å². The van der Waals surface area contributed by atoms with Crippen molar-refractivity contribution in [3.8, 4) is 0 Å². The molecule has 0 heterocycles. The molecule has 0 saturated heterocycles. The molecule has 2 rings (SSSR count). The highest BCUT2D eigenvalue weighted by Crippen LogP contribution is 2.28. The third kappa shape index (κ3) is 4.18. The van der Waals surface area contributed by atoms with Crippen molar-refractivity contribution in [2.75, 3.05) is 0 Å². The summed E-state index contributed by atoms with van der Waals surface area (Å²) in [6, 6.07) is 4.38. The highest BCUT2D eigenvalue weighted by atomic mass is 79.9. The largest absolute Gasteiger partial charge is 0.481 e. The average Bonchev–Trinajstić information content (AvgIpc) is 2.41. The molecule has 0 aliphatic heterocycles. The summed E-state index contributed by atoms with van der Waals surface area (Å²) in [4.78, 5) is 10.9. The van der Waals surface area contributed by atoms with Gasteiger partial charge in [-0.15, -0.1) is 0 Å². The second-order valence-corrected chi connectivity index (χ2v) is 8.09. The number of nitrogens with one attached hydrogen (secondary N) is 1. The smallest absolute Gasteiger partial charge is 0.306 e. The lowest BCUT2D eigenvalue weighted by Gasteiger charge is -2.26. The van der Waals surface area contributed by atoms with Gasteiger partial charge in [-0.1, -0.05) is 27.5 Å². The summed E-state index contributed by atoms with van der Waals surface area (Å²) < 4.78 is 28.0. The fourth-order valence-corrected chi connectivity index (χ4v) is 4.77. The Labute approximate surface area is 136 Å². The standard InChI is InChI=1S/C13H15BrClNO4S/c14-9-3-6-11(15)12(7-9)21(19,20)16-10-4-1-8(2-5-10)13(17)18/h3,6-8,10,16H,1-2,4-5H2,(H,17,18). The van der Waals surface area contributed by atoms with E-state index in [1.807, 2.05) is 0 Å². The first kappa shape index (κ1) is 16.7. The minimum Gasteiger partial charge on any atom is -0.481 e. The number of carbonyl (C=O) groups is 1. The van der Waals surface area contributed by atoms with Crippen LogP contribution in [0.15, 0.2) is 27.6 Å². The molecule has 1 aliphatic carbocycles. The zero-order valence-electron chi connectivity index (χ0n) is 11.1. The predicted molar refractivity (Wildman–Crippen MR) is 82.9 cm³/mol. The van der Waals surface area contributed by atoms with Crippen LogP contribution >= 0.6 is 27.5 Å². The van der Waals surface area contributed by atoms with Crippen molar-refractivity contribution < 1.29 is 18.3 Å². The number of benzene rings is 1. The Bertz CT molecular complexity index is 642. The first-order valence-corrected chi connectivity index (χ1v) is 9.15. The van der Waals surface area contributed by atoms with Gasteiger partial charge in [0.1, 0.15) is 4.90 Å². The van der Waals surface area contributed by atoms with Crippen LogP contribution in [0, 0.1) is 5.92 Å². The van der Waals surface area contributed by atoms with Crippen molar-refractivity contribution in [3.05, 3.63) is 27.7 Å². The number of hydrogen-bond acceptors (Lipinski definition) is 3. The van der Waals surface area contributed by atoms with Crippen molar-refractivity contribution in [1.29, 1.82) is 0 Å². The van der Waals surface area contributed by atoms with E-state index in [0.29, 0.717) is 30.2 Å². The maximum absolute atomic E-state index is 12.4. The second kappa shape index (κ2) is 6.64. The molecule has 0 atom stereocenters. The Hall–Kier alpha value is -0.630. The van der Waals surface area contributed by atoms with E-state index in [4.69, 9.17) is 16.7 Å². The zero-order chi connectivity index (χ0) is 15.6. The van der Waals surface area contributed by atoms with E-state index in [0.717, 1.165) is 0 Å². The molecule has 0 amide bonds. The van der Waals surface area contributed by atoms with E-state index in [2.05, 4.69) is 20.7 Å². The summed E-state index contributed by atoms with van der Waals surface area (Å²) in [6.45, 7) is 0. The van der Waals surface area contributed by atoms with Crippen LogP contribution in [0.4, 0.5) is 0 Å². The fourth-order valence-electron chi connectivity index (χ4n) is 2.42. The molecular weight excluding hydrogens is 382 g/mol. The summed E-state index contributed by atoms with van der Waals surface area (Å²) in [7, 11) is -3.71. The highest BCUT2D eigenvalue weighted by Gasteiger charge is 2.29. The highest BCUT2D eigenvalue weighted by molar-refractivity contribution is 9.10. The van der Waals surface area contributed by atoms with E-state index in [1.165, 1.54) is 12.1 Å². The molecule has 0 spiro atoms. The van der Waals surface area contributed by atoms with Crippen molar-refractivity contribution >= 4 is 43.5 Å². The van der Waals surface area contributed by atoms with Gasteiger partial charge in [0.05, 0.1) is 10.9 Å². The van der Waals surface area contributed by atoms with Crippen LogP contribution in [-0.2, 0) is 14.8 Å². The van der Waals surface area contributed by atoms with Crippen LogP contribution in [0.25, 0.3) is 0 Å². The molecule has 0 bridgehead atoms. The first-order valence-electron chi connectivity index (χ1n) is 6.50. The van der Waals surface area contributed by atoms with Gasteiger partial charge in [-0.3, -0.25) is 4.79 Å². The van der Waals surface area contributed by atoms with E-state index in [1.54, 1.807) is 6.07 Å². The molecule has 0 radical (unpaired) electrons. The monoisotopic (exact) mass is 395 g/mol. The molecule has 1 fully saturated rings. The van der Waals surface area contributed by atoms with Crippen molar-refractivity contribution in [2.45, 2.75) is 36.6 Å². The van der Waals surface area contributed by atoms with Gasteiger partial charge >= 0.3 is 5.97 Å². The molecule has 21 heavy (non-hydrogen) atoms. The van der Waals surface area contributed by atoms with Crippen molar-refractivity contribution in [2.24, 2.45) is 5.92 Å². The van der Waals surface area contributed by atoms with Crippen LogP contribution in [0.3, 0.4) is 0 Å². The maximum Gasteiger partial charge on any atom is 0.306 e. The molecule has 1 saturated carbocycles. The van der Waals surface area contributed by atoms with Gasteiger partial charge in [0.2, 0.25) is 10.0 Å². The van der Waals surface area contributed by atoms with Gasteiger partial charge < -0.3 is 5.11 Å². The number of hydrogen-bond donors (Lipinski definition) is 2. The maximum atomic E-state index is 12.4. The molecule has 1 aromatic rings. The van der Waals surface area contributed by atoms with Crippen LogP contribution in [-0.4, -0.2) is 25.5 Å². The van der Waals surface area contributed by atoms with Crippen LogP contribution < -0.4 is 4.72 Å². The minimum absolute atomic E-state index is 0.0268. The Balaban J connectivity index is 2.09. The number of sulfonamides is 1. The molecule has 2 N–H and O–H groups in total. The average molecular weight is 397 g/mol. The molecular formula is C13H15BrClNO4S. The van der Waals surface area contributed by atoms with Crippen LogP contribution in [0.2, 0.25) is 5.02 Å². The van der Waals surface area contributed by atoms with Crippen molar-refractivity contribution in [3.63, 3.8) is 0 Å². The van der Waals surface area contributed by atoms with Crippen LogP contribution in [0.5, 0.6) is 0 Å². The van der Waals surface area contributed by atoms with E-state index in [-0.39, 0.29) is 21.9 Å². The van der Waals surface area contributed by atoms with Gasteiger partial charge in [0.25, 0.3) is 0 Å². The number of carboxylic acids is 1. The summed E-state index contributed by atoms with van der Waals surface area (Å²) in [5, 5.41) is 9.10. The molecule has 1 aliphatic rings. The topological polar surface area (TPSA) is 83.5 Å². The summed E-state index contributed by atoms with van der Waals surface area (Å²) >= 11 is 9.17. The number of halogens is 2. The molecule has 1 aromatic carbocycles. The third-order valence-electron chi connectivity index (χ3n) is 3.58. The van der Waals surface area contributed by atoms with Gasteiger partial charge in [0, 0.05) is 10.5 Å². The lowest BCUT2D eigenvalue weighted by Crippen LogP contribution is -2.38. The fraction of sp³-hybridized carbons (Fsp3) is 0.462. The quantitative estimate of drug-likeness (QED) is 0.819. The molecule has 0 unspecified atom stereocenters. The number of carboxylic acid groups (broad SMARTS) is 1. The van der Waals surface area contributed by atoms with Crippen LogP contribution in [0.1, 0.15) is 25.7 Å². The summed E-state index contributed by atoms with van der Waals surface area (Å²) in [5.74, 6) is -1.19. The second-order valence-electron chi connectivity index (χ2n) is 5.08. The normalized spacial score (nSPS) is 23.0. The first-order chi connectivity index (χ1) is 9.79. The van der Waals surface area contributed by atoms with Gasteiger partial charge in [0.15, 0.2) is 0 Å². The van der Waals surface area contributed by atoms with E-state index < -0.39 is 16.0 Å². The SMILES string of the molecule is O=C(O)C1CCC(NS(=O)(=O)c2cc(Br)ccc2Cl)CC1. The minimum atomic E-state index is -3.71. The molecule has 5 nitrogen and oxygen atoms in total. The van der Waals surface area contributed by atoms with Gasteiger partial charge in [-0.25, -0.2) is 13.1 Å². The third-order valence-corrected chi connectivity index (χ3v) is 6.08. The van der Waals surface area contributed by atoms with Gasteiger partial charge in [-0.2, -0.15) is 0 Å². The van der Waals surface area contributed by atoms with Gasteiger partial charge in [-0.05, 0) is 43.9 Å². The Morgan fingerprint density at radius 2 is 1.90 bits per heavy atom. The predicted octanol–water partition coefficient (Wildman–Crippen LogP) is 3.02. The Morgan fingerprint density at radius 3 is 2.48 bits per heavy atom. The Morgan fingerprint density at radius 1 is 1.29 bits per heavy atom. The molecule has 8 heteroatoms. The van der Waals surface area contributed by atoms with Crippen molar-refractivity contribution in [1.82, 2.24) is 4.72 Å². The Kier molecular flexibility index (Phi) is 5.29. The molecule has 0 aromatic heterocycles. The summed E-state index contributed by atoms with van der Waals surface area (Å²) in [5.41, 5.74) is 0. The summed E-state index contributed by atoms with van der Waals surface area (Å²) in [6.07, 6.45) is 1.99. The molecule has 116 valence electrons. The number of aliphatic carboxylic acids is 1. The van der Waals surface area contributed by atoms with E-state index in [9.17, 15) is 13.2 Å². The zero-order valence-corrected chi connectivity index (χ0v) is 14.2. The lowest BCUT2D eigenvalue weighted by atomic mass is 9.87.